The van der Waals surface area contributed by atoms with E-state index in [1.54, 1.807) is 0 Å². The molecule has 2 aromatic carbocycles. The van der Waals surface area contributed by atoms with Crippen LogP contribution in [0, 0.1) is 6.92 Å². The maximum atomic E-state index is 12.7. The topological polar surface area (TPSA) is 37.3 Å². The molecule has 0 aliphatic carbocycles. The summed E-state index contributed by atoms with van der Waals surface area (Å²) in [6, 6.07) is 20.4. The number of carbonyl (C=O) groups is 1. The first-order valence-corrected chi connectivity index (χ1v) is 8.98. The fourth-order valence-corrected chi connectivity index (χ4v) is 3.58. The molecule has 3 aromatic rings. The predicted molar refractivity (Wildman–Crippen MR) is 106 cm³/mol. The third-order valence-electron chi connectivity index (χ3n) is 5.22. The molecule has 0 radical (unpaired) electrons. The number of aryl methyl sites for hydroxylation is 1. The molecule has 26 heavy (non-hydrogen) atoms. The minimum absolute atomic E-state index is 0.0742. The summed E-state index contributed by atoms with van der Waals surface area (Å²) in [5, 5.41) is 3.09. The lowest BCUT2D eigenvalue weighted by Gasteiger charge is -2.21. The summed E-state index contributed by atoms with van der Waals surface area (Å²) < 4.78 is 1.91. The molecule has 0 spiro atoms. The van der Waals surface area contributed by atoms with E-state index in [1.807, 2.05) is 48.9 Å². The monoisotopic (exact) mass is 345 g/mol. The highest BCUT2D eigenvalue weighted by molar-refractivity contribution is 6.03. The summed E-state index contributed by atoms with van der Waals surface area (Å²) >= 11 is 0. The second kappa shape index (κ2) is 6.71. The Labute approximate surface area is 154 Å². The molecule has 0 unspecified atom stereocenters. The number of benzene rings is 2. The van der Waals surface area contributed by atoms with Crippen LogP contribution in [0.25, 0.3) is 0 Å². The van der Waals surface area contributed by atoms with Crippen LogP contribution in [0.4, 0.5) is 11.4 Å². The lowest BCUT2D eigenvalue weighted by atomic mass is 10.1. The van der Waals surface area contributed by atoms with Crippen LogP contribution in [-0.4, -0.2) is 17.0 Å². The van der Waals surface area contributed by atoms with Crippen molar-refractivity contribution in [3.05, 3.63) is 83.2 Å². The van der Waals surface area contributed by atoms with Gasteiger partial charge in [0.15, 0.2) is 0 Å². The summed E-state index contributed by atoms with van der Waals surface area (Å²) in [7, 11) is 1.91. The lowest BCUT2D eigenvalue weighted by Crippen LogP contribution is -2.22. The molecular weight excluding hydrogens is 322 g/mol. The molecule has 4 rings (SSSR count). The maximum Gasteiger partial charge on any atom is 0.272 e. The van der Waals surface area contributed by atoms with Crippen LogP contribution in [0.1, 0.15) is 27.3 Å². The summed E-state index contributed by atoms with van der Waals surface area (Å²) in [5.74, 6) is -0.0742. The second-order valence-corrected chi connectivity index (χ2v) is 6.83. The van der Waals surface area contributed by atoms with Crippen molar-refractivity contribution in [2.45, 2.75) is 19.9 Å². The first-order chi connectivity index (χ1) is 12.6. The van der Waals surface area contributed by atoms with Gasteiger partial charge in [0.2, 0.25) is 0 Å². The van der Waals surface area contributed by atoms with Gasteiger partial charge in [-0.2, -0.15) is 0 Å². The third-order valence-corrected chi connectivity index (χ3v) is 5.22. The van der Waals surface area contributed by atoms with Gasteiger partial charge >= 0.3 is 0 Å². The molecule has 132 valence electrons. The summed E-state index contributed by atoms with van der Waals surface area (Å²) in [6.07, 6.45) is 1.08. The molecule has 1 amide bonds. The maximum absolute atomic E-state index is 12.7. The van der Waals surface area contributed by atoms with Gasteiger partial charge in [0.1, 0.15) is 5.69 Å². The van der Waals surface area contributed by atoms with Crippen LogP contribution >= 0.6 is 0 Å². The van der Waals surface area contributed by atoms with E-state index in [4.69, 9.17) is 0 Å². The standard InChI is InChI=1S/C22H23N3O/c1-16-11-12-21(24(16)2)22(26)23-19-9-5-3-8-18(19)15-25-14-13-17-7-4-6-10-20(17)25/h3-12H,13-15H2,1-2H3,(H,23,26). The smallest absolute Gasteiger partial charge is 0.272 e. The molecule has 0 bridgehead atoms. The number of carbonyl (C=O) groups excluding carboxylic acids is 1. The predicted octanol–water partition coefficient (Wildman–Crippen LogP) is 4.15. The quantitative estimate of drug-likeness (QED) is 0.771. The van der Waals surface area contributed by atoms with Crippen molar-refractivity contribution in [1.82, 2.24) is 4.57 Å². The Hall–Kier alpha value is -3.01. The fraction of sp³-hybridized carbons (Fsp3) is 0.227. The van der Waals surface area contributed by atoms with Crippen LogP contribution in [0.3, 0.4) is 0 Å². The van der Waals surface area contributed by atoms with Gasteiger partial charge in [-0.1, -0.05) is 36.4 Å². The minimum Gasteiger partial charge on any atom is -0.367 e. The zero-order valence-electron chi connectivity index (χ0n) is 15.2. The molecule has 1 aromatic heterocycles. The summed E-state index contributed by atoms with van der Waals surface area (Å²) in [4.78, 5) is 15.1. The number of para-hydroxylation sites is 2. The Morgan fingerprint density at radius 1 is 1.04 bits per heavy atom. The SMILES string of the molecule is Cc1ccc(C(=O)Nc2ccccc2CN2CCc3ccccc32)n1C. The second-order valence-electron chi connectivity index (χ2n) is 6.83. The molecule has 4 nitrogen and oxygen atoms in total. The number of rotatable bonds is 4. The van der Waals surface area contributed by atoms with Crippen molar-refractivity contribution >= 4 is 17.3 Å². The molecular formula is C22H23N3O. The fourth-order valence-electron chi connectivity index (χ4n) is 3.58. The number of aromatic nitrogens is 1. The molecule has 1 N–H and O–H groups in total. The Bertz CT molecular complexity index is 958. The Morgan fingerprint density at radius 3 is 2.62 bits per heavy atom. The molecule has 0 saturated carbocycles. The Balaban J connectivity index is 1.56. The van der Waals surface area contributed by atoms with Crippen molar-refractivity contribution in [2.75, 3.05) is 16.8 Å². The van der Waals surface area contributed by atoms with E-state index in [0.717, 1.165) is 36.5 Å². The molecule has 0 fully saturated rings. The zero-order chi connectivity index (χ0) is 18.1. The molecule has 2 heterocycles. The van der Waals surface area contributed by atoms with E-state index in [-0.39, 0.29) is 5.91 Å². The first-order valence-electron chi connectivity index (χ1n) is 8.98. The van der Waals surface area contributed by atoms with Crippen LogP contribution < -0.4 is 10.2 Å². The van der Waals surface area contributed by atoms with Gasteiger partial charge in [0.25, 0.3) is 5.91 Å². The van der Waals surface area contributed by atoms with Crippen molar-refractivity contribution in [2.24, 2.45) is 7.05 Å². The number of hydrogen-bond donors (Lipinski definition) is 1. The van der Waals surface area contributed by atoms with Crippen LogP contribution in [0.5, 0.6) is 0 Å². The Kier molecular flexibility index (Phi) is 4.25. The third kappa shape index (κ3) is 2.99. The van der Waals surface area contributed by atoms with Gasteiger partial charge in [-0.3, -0.25) is 4.79 Å². The molecule has 4 heteroatoms. The number of anilines is 2. The van der Waals surface area contributed by atoms with E-state index in [1.165, 1.54) is 11.3 Å². The highest BCUT2D eigenvalue weighted by atomic mass is 16.1. The molecule has 1 aliphatic rings. The van der Waals surface area contributed by atoms with Crippen LogP contribution in [0.15, 0.2) is 60.7 Å². The number of nitrogens with zero attached hydrogens (tertiary/aromatic N) is 2. The van der Waals surface area contributed by atoms with Crippen molar-refractivity contribution in [3.8, 4) is 0 Å². The van der Waals surface area contributed by atoms with Gasteiger partial charge in [0.05, 0.1) is 0 Å². The lowest BCUT2D eigenvalue weighted by molar-refractivity contribution is 0.101. The normalized spacial score (nSPS) is 12.9. The molecule has 1 aliphatic heterocycles. The average Bonchev–Trinajstić information content (AvgIpc) is 3.21. The van der Waals surface area contributed by atoms with E-state index < -0.39 is 0 Å². The number of nitrogens with one attached hydrogen (secondary N) is 1. The van der Waals surface area contributed by atoms with E-state index in [9.17, 15) is 4.79 Å². The van der Waals surface area contributed by atoms with Crippen LogP contribution in [0.2, 0.25) is 0 Å². The van der Waals surface area contributed by atoms with Gasteiger partial charge < -0.3 is 14.8 Å². The highest BCUT2D eigenvalue weighted by Gasteiger charge is 2.20. The minimum atomic E-state index is -0.0742. The summed E-state index contributed by atoms with van der Waals surface area (Å²) in [5.41, 5.74) is 6.44. The molecule has 0 saturated heterocycles. The van der Waals surface area contributed by atoms with Crippen molar-refractivity contribution < 1.29 is 4.79 Å². The number of fused-ring (bicyclic) bond motifs is 1. The molecule has 0 atom stereocenters. The van der Waals surface area contributed by atoms with Gasteiger partial charge in [-0.25, -0.2) is 0 Å². The first kappa shape index (κ1) is 16.5. The summed E-state index contributed by atoms with van der Waals surface area (Å²) in [6.45, 7) is 3.80. The highest BCUT2D eigenvalue weighted by Crippen LogP contribution is 2.30. The van der Waals surface area contributed by atoms with E-state index >= 15 is 0 Å². The Morgan fingerprint density at radius 2 is 1.81 bits per heavy atom. The largest absolute Gasteiger partial charge is 0.367 e. The van der Waals surface area contributed by atoms with Crippen molar-refractivity contribution in [1.29, 1.82) is 0 Å². The van der Waals surface area contributed by atoms with E-state index in [0.29, 0.717) is 5.69 Å². The zero-order valence-corrected chi connectivity index (χ0v) is 15.2. The van der Waals surface area contributed by atoms with Gasteiger partial charge in [-0.15, -0.1) is 0 Å². The van der Waals surface area contributed by atoms with Gasteiger partial charge in [-0.05, 0) is 48.7 Å². The average molecular weight is 345 g/mol. The van der Waals surface area contributed by atoms with E-state index in [2.05, 4.69) is 40.5 Å². The van der Waals surface area contributed by atoms with Crippen molar-refractivity contribution in [3.63, 3.8) is 0 Å². The van der Waals surface area contributed by atoms with Gasteiger partial charge in [0, 0.05) is 37.2 Å². The number of hydrogen-bond acceptors (Lipinski definition) is 2. The van der Waals surface area contributed by atoms with Crippen LogP contribution in [-0.2, 0) is 20.0 Å². The number of amides is 1.